The Morgan fingerprint density at radius 1 is 1.56 bits per heavy atom. The summed E-state index contributed by atoms with van der Waals surface area (Å²) in [5.41, 5.74) is 5.25. The van der Waals surface area contributed by atoms with Gasteiger partial charge >= 0.3 is 6.09 Å². The zero-order valence-electron chi connectivity index (χ0n) is 10.3. The molecule has 1 amide bonds. The van der Waals surface area contributed by atoms with Gasteiger partial charge in [-0.05, 0) is 45.2 Å². The van der Waals surface area contributed by atoms with E-state index in [1.54, 1.807) is 0 Å². The van der Waals surface area contributed by atoms with Crippen molar-refractivity contribution in [3.63, 3.8) is 0 Å². The molecule has 0 aliphatic carbocycles. The second kappa shape index (κ2) is 5.77. The van der Waals surface area contributed by atoms with Crippen molar-refractivity contribution in [3.8, 4) is 0 Å². The lowest BCUT2D eigenvalue weighted by Crippen LogP contribution is -2.47. The van der Waals surface area contributed by atoms with Crippen LogP contribution in [0.5, 0.6) is 0 Å². The van der Waals surface area contributed by atoms with E-state index >= 15 is 0 Å². The molecule has 0 saturated carbocycles. The lowest BCUT2D eigenvalue weighted by Gasteiger charge is -2.31. The number of nitrogens with one attached hydrogen (secondary N) is 1. The third-order valence-corrected chi connectivity index (χ3v) is 3.67. The quantitative estimate of drug-likeness (QED) is 0.776. The Balaban J connectivity index is 2.42. The zero-order chi connectivity index (χ0) is 12.2. The Labute approximate surface area is 102 Å². The minimum atomic E-state index is -0.439. The topological polar surface area (TPSA) is 64.3 Å². The molecule has 1 fully saturated rings. The second-order valence-corrected chi connectivity index (χ2v) is 6.26. The van der Waals surface area contributed by atoms with E-state index in [-0.39, 0.29) is 12.1 Å². The van der Waals surface area contributed by atoms with Gasteiger partial charge in [-0.15, -0.1) is 0 Å². The highest BCUT2D eigenvalue weighted by atomic mass is 32.2. The molecule has 3 N–H and O–H groups in total. The molecule has 5 heteroatoms. The minimum Gasteiger partial charge on any atom is -0.444 e. The van der Waals surface area contributed by atoms with E-state index < -0.39 is 5.60 Å². The molecule has 0 bridgehead atoms. The predicted octanol–water partition coefficient (Wildman–Crippen LogP) is 1.59. The fourth-order valence-electron chi connectivity index (χ4n) is 1.68. The largest absolute Gasteiger partial charge is 0.444 e. The van der Waals surface area contributed by atoms with Crippen LogP contribution in [0, 0.1) is 5.92 Å². The Morgan fingerprint density at radius 3 is 2.81 bits per heavy atom. The highest BCUT2D eigenvalue weighted by Gasteiger charge is 2.27. The summed E-state index contributed by atoms with van der Waals surface area (Å²) in [6.45, 7) is 6.21. The molecule has 0 aromatic heterocycles. The Bertz CT molecular complexity index is 241. The number of nitrogens with two attached hydrogens (primary N) is 1. The summed E-state index contributed by atoms with van der Waals surface area (Å²) in [5.74, 6) is 2.47. The number of alkyl carbamates (subject to hydrolysis) is 1. The number of rotatable bonds is 2. The summed E-state index contributed by atoms with van der Waals surface area (Å²) < 4.78 is 5.24. The highest BCUT2D eigenvalue weighted by molar-refractivity contribution is 7.99. The maximum Gasteiger partial charge on any atom is 0.407 e. The van der Waals surface area contributed by atoms with Gasteiger partial charge in [-0.2, -0.15) is 11.8 Å². The molecule has 1 saturated heterocycles. The van der Waals surface area contributed by atoms with Gasteiger partial charge in [0.1, 0.15) is 5.60 Å². The minimum absolute atomic E-state index is 0.168. The van der Waals surface area contributed by atoms with E-state index in [4.69, 9.17) is 10.5 Å². The molecule has 0 aromatic rings. The molecular formula is C11H22N2O2S. The van der Waals surface area contributed by atoms with Gasteiger partial charge in [0.15, 0.2) is 0 Å². The van der Waals surface area contributed by atoms with Gasteiger partial charge in [0.05, 0.1) is 0 Å². The van der Waals surface area contributed by atoms with E-state index in [1.165, 1.54) is 0 Å². The number of hydrogen-bond acceptors (Lipinski definition) is 4. The summed E-state index contributed by atoms with van der Waals surface area (Å²) in [4.78, 5) is 11.6. The lowest BCUT2D eigenvalue weighted by molar-refractivity contribution is 0.0487. The fourth-order valence-corrected chi connectivity index (χ4v) is 2.94. The van der Waals surface area contributed by atoms with Gasteiger partial charge in [-0.25, -0.2) is 4.79 Å². The number of hydrogen-bond donors (Lipinski definition) is 2. The average Bonchev–Trinajstić information content (AvgIpc) is 2.15. The van der Waals surface area contributed by atoms with Crippen molar-refractivity contribution in [3.05, 3.63) is 0 Å². The van der Waals surface area contributed by atoms with E-state index in [0.29, 0.717) is 12.5 Å². The molecule has 2 atom stereocenters. The van der Waals surface area contributed by atoms with Crippen LogP contribution < -0.4 is 11.1 Å². The van der Waals surface area contributed by atoms with Crippen LogP contribution in [-0.2, 0) is 4.74 Å². The van der Waals surface area contributed by atoms with E-state index in [1.807, 2.05) is 32.5 Å². The molecule has 16 heavy (non-hydrogen) atoms. The van der Waals surface area contributed by atoms with Gasteiger partial charge in [0, 0.05) is 12.0 Å². The molecule has 1 aliphatic heterocycles. The summed E-state index contributed by atoms with van der Waals surface area (Å²) in [5, 5.41) is 2.92. The van der Waals surface area contributed by atoms with Crippen LogP contribution >= 0.6 is 11.8 Å². The molecule has 1 rings (SSSR count). The number of ether oxygens (including phenoxy) is 1. The van der Waals surface area contributed by atoms with Gasteiger partial charge < -0.3 is 15.8 Å². The standard InChI is InChI=1S/C11H22N2O2S/c1-11(2,3)15-10(14)13-9-4-5-16-7-8(9)6-12/h8-9H,4-7,12H2,1-3H3,(H,13,14)/t8-,9-/m1/s1. The fraction of sp³-hybridized carbons (Fsp3) is 0.909. The molecular weight excluding hydrogens is 224 g/mol. The van der Waals surface area contributed by atoms with Crippen LogP contribution in [0.3, 0.4) is 0 Å². The van der Waals surface area contributed by atoms with Gasteiger partial charge in [-0.1, -0.05) is 0 Å². The van der Waals surface area contributed by atoms with Crippen molar-refractivity contribution in [2.45, 2.75) is 38.8 Å². The van der Waals surface area contributed by atoms with Crippen molar-refractivity contribution in [2.75, 3.05) is 18.1 Å². The van der Waals surface area contributed by atoms with Crippen molar-refractivity contribution >= 4 is 17.9 Å². The van der Waals surface area contributed by atoms with Crippen LogP contribution in [-0.4, -0.2) is 35.8 Å². The Kier molecular flexibility index (Phi) is 4.92. The van der Waals surface area contributed by atoms with E-state index in [0.717, 1.165) is 17.9 Å². The molecule has 0 aromatic carbocycles. The van der Waals surface area contributed by atoms with Crippen LogP contribution in [0.25, 0.3) is 0 Å². The van der Waals surface area contributed by atoms with Gasteiger partial charge in [0.2, 0.25) is 0 Å². The molecule has 94 valence electrons. The smallest absolute Gasteiger partial charge is 0.407 e. The summed E-state index contributed by atoms with van der Waals surface area (Å²) >= 11 is 1.90. The van der Waals surface area contributed by atoms with E-state index in [2.05, 4.69) is 5.32 Å². The second-order valence-electron chi connectivity index (χ2n) is 5.11. The average molecular weight is 246 g/mol. The first kappa shape index (κ1) is 13.6. The predicted molar refractivity (Wildman–Crippen MR) is 67.6 cm³/mol. The molecule has 1 heterocycles. The molecule has 0 unspecified atom stereocenters. The van der Waals surface area contributed by atoms with Crippen molar-refractivity contribution < 1.29 is 9.53 Å². The summed E-state index contributed by atoms with van der Waals surface area (Å²) in [6, 6.07) is 0.168. The molecule has 1 aliphatic rings. The van der Waals surface area contributed by atoms with Crippen LogP contribution in [0.1, 0.15) is 27.2 Å². The Hall–Kier alpha value is -0.420. The summed E-state index contributed by atoms with van der Waals surface area (Å²) in [6.07, 6.45) is 0.647. The third-order valence-electron chi connectivity index (χ3n) is 2.48. The summed E-state index contributed by atoms with van der Waals surface area (Å²) in [7, 11) is 0. The number of thioether (sulfide) groups is 1. The zero-order valence-corrected chi connectivity index (χ0v) is 11.1. The third kappa shape index (κ3) is 4.61. The number of carbonyl (C=O) groups excluding carboxylic acids is 1. The maximum absolute atomic E-state index is 11.6. The number of amides is 1. The maximum atomic E-state index is 11.6. The Morgan fingerprint density at radius 2 is 2.25 bits per heavy atom. The lowest BCUT2D eigenvalue weighted by atomic mass is 9.99. The van der Waals surface area contributed by atoms with Crippen molar-refractivity contribution in [1.82, 2.24) is 5.32 Å². The normalized spacial score (nSPS) is 26.2. The van der Waals surface area contributed by atoms with Crippen molar-refractivity contribution in [1.29, 1.82) is 0 Å². The first-order valence-corrected chi connectivity index (χ1v) is 6.85. The molecule has 0 radical (unpaired) electrons. The first-order chi connectivity index (χ1) is 7.42. The monoisotopic (exact) mass is 246 g/mol. The van der Waals surface area contributed by atoms with Crippen LogP contribution in [0.15, 0.2) is 0 Å². The van der Waals surface area contributed by atoms with Crippen LogP contribution in [0.2, 0.25) is 0 Å². The molecule has 0 spiro atoms. The van der Waals surface area contributed by atoms with Gasteiger partial charge in [0.25, 0.3) is 0 Å². The SMILES string of the molecule is CC(C)(C)OC(=O)N[C@@H]1CCSC[C@H]1CN. The number of carbonyl (C=O) groups is 1. The molecule has 4 nitrogen and oxygen atoms in total. The highest BCUT2D eigenvalue weighted by Crippen LogP contribution is 2.22. The van der Waals surface area contributed by atoms with Gasteiger partial charge in [-0.3, -0.25) is 0 Å². The van der Waals surface area contributed by atoms with E-state index in [9.17, 15) is 4.79 Å². The first-order valence-electron chi connectivity index (χ1n) is 5.69. The van der Waals surface area contributed by atoms with Crippen LogP contribution in [0.4, 0.5) is 4.79 Å². The van der Waals surface area contributed by atoms with Crippen molar-refractivity contribution in [2.24, 2.45) is 11.7 Å².